The monoisotopic (exact) mass is 275 g/mol. The summed E-state index contributed by atoms with van der Waals surface area (Å²) in [5.41, 5.74) is 5.44. The number of nitrogens with zero attached hydrogens (tertiary/aromatic N) is 1. The van der Waals surface area contributed by atoms with Crippen molar-refractivity contribution in [3.8, 4) is 0 Å². The van der Waals surface area contributed by atoms with Crippen molar-refractivity contribution < 1.29 is 18.9 Å². The molecule has 0 saturated carbocycles. The summed E-state index contributed by atoms with van der Waals surface area (Å²) in [6, 6.07) is 0. The first kappa shape index (κ1) is 16.3. The van der Waals surface area contributed by atoms with Gasteiger partial charge in [0.2, 0.25) is 0 Å². The molecule has 0 radical (unpaired) electrons. The molecule has 1 saturated heterocycles. The van der Waals surface area contributed by atoms with E-state index in [-0.39, 0.29) is 11.9 Å². The second kappa shape index (κ2) is 10.1. The third-order valence-corrected chi connectivity index (χ3v) is 2.85. The summed E-state index contributed by atoms with van der Waals surface area (Å²) in [6.07, 6.45) is -0.272. The third kappa shape index (κ3) is 7.44. The quantitative estimate of drug-likeness (QED) is 0.311. The molecule has 1 atom stereocenters. The van der Waals surface area contributed by atoms with Gasteiger partial charge < -0.3 is 24.7 Å². The summed E-state index contributed by atoms with van der Waals surface area (Å²) in [5.74, 6) is 0.0946. The van der Waals surface area contributed by atoms with Crippen LogP contribution in [0.5, 0.6) is 0 Å². The summed E-state index contributed by atoms with van der Waals surface area (Å²) < 4.78 is 21.0. The van der Waals surface area contributed by atoms with E-state index in [4.69, 9.17) is 30.1 Å². The summed E-state index contributed by atoms with van der Waals surface area (Å²) in [5, 5.41) is 7.37. The van der Waals surface area contributed by atoms with Crippen molar-refractivity contribution in [2.24, 2.45) is 5.73 Å². The minimum absolute atomic E-state index is 0.0946. The summed E-state index contributed by atoms with van der Waals surface area (Å²) in [4.78, 5) is 2.20. The van der Waals surface area contributed by atoms with Crippen LogP contribution in [-0.4, -0.2) is 83.2 Å². The number of nitrogens with one attached hydrogen (secondary N) is 1. The van der Waals surface area contributed by atoms with Gasteiger partial charge in [-0.15, -0.1) is 0 Å². The van der Waals surface area contributed by atoms with Crippen LogP contribution in [0.4, 0.5) is 0 Å². The fraction of sp³-hybridized carbons (Fsp3) is 0.917. The minimum atomic E-state index is -0.272. The van der Waals surface area contributed by atoms with E-state index in [1.807, 2.05) is 0 Å². The average molecular weight is 275 g/mol. The Morgan fingerprint density at radius 3 is 2.63 bits per heavy atom. The highest BCUT2D eigenvalue weighted by atomic mass is 16.5. The molecule has 3 N–H and O–H groups in total. The maximum Gasteiger partial charge on any atom is 0.127 e. The lowest BCUT2D eigenvalue weighted by molar-refractivity contribution is -0.0144. The van der Waals surface area contributed by atoms with Crippen molar-refractivity contribution in [1.29, 1.82) is 5.41 Å². The number of amidine groups is 1. The predicted molar refractivity (Wildman–Crippen MR) is 71.6 cm³/mol. The Morgan fingerprint density at radius 2 is 1.95 bits per heavy atom. The highest BCUT2D eigenvalue weighted by Gasteiger charge is 2.22. The molecule has 1 fully saturated rings. The molecular formula is C12H25N3O4. The lowest BCUT2D eigenvalue weighted by Crippen LogP contribution is -2.48. The first-order valence-electron chi connectivity index (χ1n) is 6.56. The Labute approximate surface area is 114 Å². The van der Waals surface area contributed by atoms with E-state index >= 15 is 0 Å². The number of hydrogen-bond acceptors (Lipinski definition) is 6. The van der Waals surface area contributed by atoms with E-state index in [0.29, 0.717) is 46.2 Å². The highest BCUT2D eigenvalue weighted by molar-refractivity contribution is 5.82. The first-order valence-corrected chi connectivity index (χ1v) is 6.56. The molecule has 1 aliphatic rings. The lowest BCUT2D eigenvalue weighted by atomic mass is 10.2. The van der Waals surface area contributed by atoms with E-state index in [1.165, 1.54) is 0 Å². The van der Waals surface area contributed by atoms with Gasteiger partial charge >= 0.3 is 0 Å². The summed E-state index contributed by atoms with van der Waals surface area (Å²) in [6.45, 7) is 6.00. The van der Waals surface area contributed by atoms with Gasteiger partial charge in [-0.05, 0) is 0 Å². The van der Waals surface area contributed by atoms with Crippen LogP contribution in [0.1, 0.15) is 0 Å². The molecule has 1 heterocycles. The van der Waals surface area contributed by atoms with Gasteiger partial charge in [-0.1, -0.05) is 0 Å². The first-order chi connectivity index (χ1) is 9.24. The zero-order chi connectivity index (χ0) is 13.9. The second-order valence-electron chi connectivity index (χ2n) is 4.33. The predicted octanol–water partition coefficient (Wildman–Crippen LogP) is -0.697. The molecular weight excluding hydrogens is 250 g/mol. The van der Waals surface area contributed by atoms with E-state index in [2.05, 4.69) is 4.90 Å². The van der Waals surface area contributed by atoms with Gasteiger partial charge in [0.1, 0.15) is 11.9 Å². The summed E-state index contributed by atoms with van der Waals surface area (Å²) >= 11 is 0. The van der Waals surface area contributed by atoms with Crippen molar-refractivity contribution in [3.05, 3.63) is 0 Å². The van der Waals surface area contributed by atoms with E-state index in [0.717, 1.165) is 13.1 Å². The van der Waals surface area contributed by atoms with Crippen LogP contribution >= 0.6 is 0 Å². The SMILES string of the molecule is COCCOCCOCCN1CCOC(C(=N)N)C1. The Hall–Kier alpha value is -0.730. The van der Waals surface area contributed by atoms with E-state index in [1.54, 1.807) is 7.11 Å². The Morgan fingerprint density at radius 1 is 1.26 bits per heavy atom. The van der Waals surface area contributed by atoms with Crippen molar-refractivity contribution in [2.45, 2.75) is 6.10 Å². The highest BCUT2D eigenvalue weighted by Crippen LogP contribution is 2.04. The smallest absolute Gasteiger partial charge is 0.127 e. The topological polar surface area (TPSA) is 90.0 Å². The van der Waals surface area contributed by atoms with Crippen molar-refractivity contribution in [3.63, 3.8) is 0 Å². The molecule has 0 aromatic heterocycles. The van der Waals surface area contributed by atoms with Crippen molar-refractivity contribution in [2.75, 3.05) is 66.4 Å². The zero-order valence-electron chi connectivity index (χ0n) is 11.6. The number of nitrogens with two attached hydrogens (primary N) is 1. The van der Waals surface area contributed by atoms with Crippen LogP contribution in [0.25, 0.3) is 0 Å². The van der Waals surface area contributed by atoms with Crippen molar-refractivity contribution >= 4 is 5.84 Å². The molecule has 1 unspecified atom stereocenters. The van der Waals surface area contributed by atoms with Crippen molar-refractivity contribution in [1.82, 2.24) is 4.90 Å². The normalized spacial score (nSPS) is 20.6. The molecule has 1 rings (SSSR count). The number of methoxy groups -OCH3 is 1. The Balaban J connectivity index is 1.95. The third-order valence-electron chi connectivity index (χ3n) is 2.85. The molecule has 0 aromatic rings. The Bertz CT molecular complexity index is 253. The standard InChI is InChI=1S/C12H25N3O4/c1-16-6-7-18-9-8-17-4-2-15-3-5-19-11(10-15)12(13)14/h11H,2-10H2,1H3,(H3,13,14). The molecule has 0 aliphatic carbocycles. The van der Waals surface area contributed by atoms with Gasteiger partial charge in [0.15, 0.2) is 0 Å². The molecule has 1 aliphatic heterocycles. The molecule has 0 aromatic carbocycles. The van der Waals surface area contributed by atoms with Crippen LogP contribution in [-0.2, 0) is 18.9 Å². The maximum absolute atomic E-state index is 7.37. The summed E-state index contributed by atoms with van der Waals surface area (Å²) in [7, 11) is 1.65. The van der Waals surface area contributed by atoms with E-state index in [9.17, 15) is 0 Å². The lowest BCUT2D eigenvalue weighted by Gasteiger charge is -2.32. The van der Waals surface area contributed by atoms with E-state index < -0.39 is 0 Å². The minimum Gasteiger partial charge on any atom is -0.385 e. The van der Waals surface area contributed by atoms with Crippen LogP contribution in [0.15, 0.2) is 0 Å². The zero-order valence-corrected chi connectivity index (χ0v) is 11.6. The Kier molecular flexibility index (Phi) is 8.68. The molecule has 0 spiro atoms. The number of morpholine rings is 1. The van der Waals surface area contributed by atoms with Gasteiger partial charge in [0.05, 0.1) is 39.6 Å². The number of hydrogen-bond donors (Lipinski definition) is 2. The second-order valence-corrected chi connectivity index (χ2v) is 4.33. The molecule has 19 heavy (non-hydrogen) atoms. The number of ether oxygens (including phenoxy) is 4. The molecule has 7 heteroatoms. The maximum atomic E-state index is 7.37. The van der Waals surface area contributed by atoms with Crippen LogP contribution in [0.2, 0.25) is 0 Å². The van der Waals surface area contributed by atoms with Gasteiger partial charge in [-0.2, -0.15) is 0 Å². The largest absolute Gasteiger partial charge is 0.385 e. The fourth-order valence-corrected chi connectivity index (χ4v) is 1.75. The molecule has 0 bridgehead atoms. The fourth-order valence-electron chi connectivity index (χ4n) is 1.75. The van der Waals surface area contributed by atoms with Gasteiger partial charge in [-0.25, -0.2) is 0 Å². The molecule has 112 valence electrons. The number of rotatable bonds is 10. The van der Waals surface area contributed by atoms with Gasteiger partial charge in [0.25, 0.3) is 0 Å². The van der Waals surface area contributed by atoms with Crippen LogP contribution < -0.4 is 5.73 Å². The molecule has 7 nitrogen and oxygen atoms in total. The van der Waals surface area contributed by atoms with Crippen LogP contribution in [0, 0.1) is 5.41 Å². The van der Waals surface area contributed by atoms with Gasteiger partial charge in [-0.3, -0.25) is 10.3 Å². The van der Waals surface area contributed by atoms with Crippen LogP contribution in [0.3, 0.4) is 0 Å². The molecule has 0 amide bonds. The van der Waals surface area contributed by atoms with Gasteiger partial charge in [0, 0.05) is 26.7 Å². The average Bonchev–Trinajstić information content (AvgIpc) is 2.42.